The standard InChI is InChI=1S/C51H61N7O7/c1-7-57(37-12-22-65-23-13-37)44-28-51(27-38(32(44)4)45(61)53-29-39-30(2)24-31(3)54-46(39)62,35-8-10-40-42(25-35)55-47(63)49(40)16-20-56(21-17-49)33(5)59)36-9-11-41-43(26-36)58(34(6)60)48(64)50(41)14-18-52-19-15-50/h8-11,24-28,32,37,52H,7,12-23,29H2,1-6H3,(H,53,61)(H,54,62)(H,55,63). The number of likely N-dealkylation sites (tertiary alicyclic amines) is 1. The van der Waals surface area contributed by atoms with Crippen LogP contribution in [-0.4, -0.2) is 96.3 Å². The van der Waals surface area contributed by atoms with Crippen molar-refractivity contribution in [1.29, 1.82) is 0 Å². The molecule has 6 aliphatic rings. The van der Waals surface area contributed by atoms with E-state index in [1.807, 2.05) is 69.3 Å². The van der Waals surface area contributed by atoms with Crippen molar-refractivity contribution in [2.45, 2.75) is 109 Å². The molecule has 2 spiro atoms. The number of carbonyl (C=O) groups excluding carboxylic acids is 5. The fourth-order valence-corrected chi connectivity index (χ4v) is 11.9. The first-order chi connectivity index (χ1) is 31.1. The van der Waals surface area contributed by atoms with Crippen molar-refractivity contribution in [3.8, 4) is 0 Å². The maximum atomic E-state index is 15.0. The molecule has 9 rings (SSSR count). The summed E-state index contributed by atoms with van der Waals surface area (Å²) in [6.07, 6.45) is 8.01. The summed E-state index contributed by atoms with van der Waals surface area (Å²) in [4.78, 5) is 91.0. The number of H-pyrrole nitrogens is 1. The van der Waals surface area contributed by atoms with Crippen LogP contribution in [-0.2, 0) is 51.5 Å². The molecule has 14 nitrogen and oxygen atoms in total. The van der Waals surface area contributed by atoms with Crippen LogP contribution in [0.15, 0.2) is 70.7 Å². The second kappa shape index (κ2) is 16.8. The SMILES string of the molecule is CCN(C1=CC(c2ccc3c(c2)NC(=O)C32CCN(C(C)=O)CC2)(c2ccc3c(c2)N(C(C)=O)C(=O)C32CCNCC2)C=C(C(=O)NCc2c(C)cc(C)[nH]c2=O)C1C)C1CCOCC1. The molecule has 1 aromatic heterocycles. The average Bonchev–Trinajstić information content (AvgIpc) is 3.69. The number of anilines is 2. The number of aryl methyl sites for hydroxylation is 2. The van der Waals surface area contributed by atoms with E-state index < -0.39 is 16.2 Å². The monoisotopic (exact) mass is 883 g/mol. The minimum atomic E-state index is -1.16. The highest BCUT2D eigenvalue weighted by Gasteiger charge is 2.54. The number of ether oxygens (including phenoxy) is 1. The number of nitrogens with one attached hydrogen (secondary N) is 4. The Kier molecular flexibility index (Phi) is 11.5. The third-order valence-corrected chi connectivity index (χ3v) is 15.5. The lowest BCUT2D eigenvalue weighted by atomic mass is 9.66. The van der Waals surface area contributed by atoms with Crippen LogP contribution in [0.3, 0.4) is 0 Å². The zero-order chi connectivity index (χ0) is 46.0. The summed E-state index contributed by atoms with van der Waals surface area (Å²) < 4.78 is 5.83. The van der Waals surface area contributed by atoms with E-state index in [9.17, 15) is 28.8 Å². The Balaban J connectivity index is 1.25. The zero-order valence-corrected chi connectivity index (χ0v) is 38.4. The van der Waals surface area contributed by atoms with Gasteiger partial charge in [-0.15, -0.1) is 0 Å². The van der Waals surface area contributed by atoms with Crippen LogP contribution < -0.4 is 26.4 Å². The Hall–Kier alpha value is -5.86. The molecular formula is C51H61N7O7. The maximum Gasteiger partial charge on any atom is 0.253 e. The fraction of sp³-hybridized carbons (Fsp3) is 0.490. The normalized spacial score (nSPS) is 23.4. The number of carbonyl (C=O) groups is 5. The van der Waals surface area contributed by atoms with Gasteiger partial charge in [0.05, 0.1) is 21.9 Å². The number of imide groups is 1. The fourth-order valence-electron chi connectivity index (χ4n) is 11.9. The molecule has 2 aromatic carbocycles. The zero-order valence-electron chi connectivity index (χ0n) is 38.4. The number of piperidine rings is 2. The predicted octanol–water partition coefficient (Wildman–Crippen LogP) is 4.90. The highest BCUT2D eigenvalue weighted by atomic mass is 16.5. The van der Waals surface area contributed by atoms with Crippen LogP contribution >= 0.6 is 0 Å². The Bertz CT molecular complexity index is 2610. The van der Waals surface area contributed by atoms with Crippen LogP contribution in [0.1, 0.15) is 105 Å². The summed E-state index contributed by atoms with van der Waals surface area (Å²) >= 11 is 0. The van der Waals surface area contributed by atoms with Crippen molar-refractivity contribution in [1.82, 2.24) is 25.4 Å². The van der Waals surface area contributed by atoms with Gasteiger partial charge in [-0.2, -0.15) is 0 Å². The number of nitrogens with zero attached hydrogens (tertiary/aromatic N) is 3. The van der Waals surface area contributed by atoms with E-state index in [1.165, 1.54) is 11.8 Å². The molecule has 0 radical (unpaired) electrons. The van der Waals surface area contributed by atoms with Gasteiger partial charge in [0.15, 0.2) is 0 Å². The lowest BCUT2D eigenvalue weighted by molar-refractivity contribution is -0.133. The van der Waals surface area contributed by atoms with E-state index >= 15 is 0 Å². The van der Waals surface area contributed by atoms with E-state index in [2.05, 4.69) is 38.8 Å². The molecule has 342 valence electrons. The van der Waals surface area contributed by atoms with E-state index in [0.717, 1.165) is 52.0 Å². The molecule has 4 N–H and O–H groups in total. The van der Waals surface area contributed by atoms with Crippen molar-refractivity contribution < 1.29 is 28.7 Å². The number of hydrogen-bond acceptors (Lipinski definition) is 9. The molecule has 3 fully saturated rings. The van der Waals surface area contributed by atoms with Crippen molar-refractivity contribution in [3.05, 3.63) is 115 Å². The smallest absolute Gasteiger partial charge is 0.253 e. The van der Waals surface area contributed by atoms with E-state index in [0.29, 0.717) is 94.1 Å². The van der Waals surface area contributed by atoms with Gasteiger partial charge < -0.3 is 35.5 Å². The topological polar surface area (TPSA) is 173 Å². The van der Waals surface area contributed by atoms with Gasteiger partial charge in [-0.05, 0) is 124 Å². The highest BCUT2D eigenvalue weighted by Crippen LogP contribution is 2.53. The Labute approximate surface area is 380 Å². The van der Waals surface area contributed by atoms with Crippen LogP contribution in [0.25, 0.3) is 0 Å². The molecule has 1 aliphatic carbocycles. The first kappa shape index (κ1) is 44.3. The molecule has 2 atom stereocenters. The number of fused-ring (bicyclic) bond motifs is 4. The van der Waals surface area contributed by atoms with Crippen LogP contribution in [0.2, 0.25) is 0 Å². The number of allylic oxidation sites excluding steroid dienone is 3. The number of amides is 5. The molecule has 3 saturated heterocycles. The molecule has 65 heavy (non-hydrogen) atoms. The number of hydrogen-bond donors (Lipinski definition) is 4. The number of benzene rings is 2. The first-order valence-corrected chi connectivity index (χ1v) is 23.3. The molecule has 5 amide bonds. The van der Waals surface area contributed by atoms with E-state index in [1.54, 1.807) is 11.8 Å². The lowest BCUT2D eigenvalue weighted by Crippen LogP contribution is -2.48. The second-order valence-corrected chi connectivity index (χ2v) is 19.0. The van der Waals surface area contributed by atoms with E-state index in [-0.39, 0.29) is 53.6 Å². The largest absolute Gasteiger partial charge is 0.381 e. The number of aromatic amines is 1. The molecule has 0 saturated carbocycles. The van der Waals surface area contributed by atoms with Crippen molar-refractivity contribution in [2.75, 3.05) is 56.2 Å². The number of aromatic nitrogens is 1. The number of pyridine rings is 1. The van der Waals surface area contributed by atoms with Gasteiger partial charge in [-0.3, -0.25) is 28.8 Å². The summed E-state index contributed by atoms with van der Waals surface area (Å²) in [7, 11) is 0. The van der Waals surface area contributed by atoms with E-state index in [4.69, 9.17) is 4.74 Å². The molecule has 14 heteroatoms. The van der Waals surface area contributed by atoms with Gasteiger partial charge >= 0.3 is 0 Å². The van der Waals surface area contributed by atoms with Gasteiger partial charge in [-0.25, -0.2) is 4.90 Å². The quantitative estimate of drug-likeness (QED) is 0.246. The molecule has 5 aliphatic heterocycles. The molecular weight excluding hydrogens is 823 g/mol. The Morgan fingerprint density at radius 3 is 2.18 bits per heavy atom. The van der Waals surface area contributed by atoms with Crippen LogP contribution in [0, 0.1) is 19.8 Å². The van der Waals surface area contributed by atoms with Gasteiger partial charge in [0.1, 0.15) is 0 Å². The third-order valence-electron chi connectivity index (χ3n) is 15.5. The number of rotatable bonds is 8. The molecule has 3 aromatic rings. The maximum absolute atomic E-state index is 15.0. The van der Waals surface area contributed by atoms with Crippen LogP contribution in [0.4, 0.5) is 11.4 Å². The van der Waals surface area contributed by atoms with Gasteiger partial charge in [0, 0.05) is 93.4 Å². The summed E-state index contributed by atoms with van der Waals surface area (Å²) in [6.45, 7) is 15.0. The molecule has 6 heterocycles. The Morgan fingerprint density at radius 1 is 0.862 bits per heavy atom. The molecule has 0 bridgehead atoms. The second-order valence-electron chi connectivity index (χ2n) is 19.0. The Morgan fingerprint density at radius 2 is 1.54 bits per heavy atom. The third kappa shape index (κ3) is 7.24. The summed E-state index contributed by atoms with van der Waals surface area (Å²) in [5.74, 6) is -1.38. The lowest BCUT2D eigenvalue weighted by Gasteiger charge is -2.44. The summed E-state index contributed by atoms with van der Waals surface area (Å²) in [5.41, 5.74) is 4.87. The first-order valence-electron chi connectivity index (χ1n) is 23.3. The highest BCUT2D eigenvalue weighted by molar-refractivity contribution is 6.22. The average molecular weight is 884 g/mol. The predicted molar refractivity (Wildman–Crippen MR) is 247 cm³/mol. The van der Waals surface area contributed by atoms with Crippen LogP contribution in [0.5, 0.6) is 0 Å². The molecule has 2 unspecified atom stereocenters. The summed E-state index contributed by atoms with van der Waals surface area (Å²) in [5, 5.41) is 9.73. The van der Waals surface area contributed by atoms with Gasteiger partial charge in [-0.1, -0.05) is 37.3 Å². The minimum Gasteiger partial charge on any atom is -0.381 e. The summed E-state index contributed by atoms with van der Waals surface area (Å²) in [6, 6.07) is 14.1. The van der Waals surface area contributed by atoms with Crippen molar-refractivity contribution in [3.63, 3.8) is 0 Å². The van der Waals surface area contributed by atoms with Crippen molar-refractivity contribution in [2.24, 2.45) is 5.92 Å². The minimum absolute atomic E-state index is 0.00958. The van der Waals surface area contributed by atoms with Gasteiger partial charge in [0.25, 0.3) is 5.56 Å². The van der Waals surface area contributed by atoms with Crippen molar-refractivity contribution >= 4 is 40.9 Å². The van der Waals surface area contributed by atoms with Gasteiger partial charge in [0.2, 0.25) is 29.5 Å².